The Labute approximate surface area is 121 Å². The van der Waals surface area contributed by atoms with Gasteiger partial charge in [0.05, 0.1) is 10.6 Å². The molecule has 0 aliphatic carbocycles. The summed E-state index contributed by atoms with van der Waals surface area (Å²) in [7, 11) is 0. The summed E-state index contributed by atoms with van der Waals surface area (Å²) in [5, 5.41) is 23.3. The molecule has 21 heavy (non-hydrogen) atoms. The van der Waals surface area contributed by atoms with Crippen LogP contribution in [-0.4, -0.2) is 15.9 Å². The summed E-state index contributed by atoms with van der Waals surface area (Å²) in [5.41, 5.74) is 1.27. The van der Waals surface area contributed by atoms with Crippen molar-refractivity contribution in [1.82, 2.24) is 0 Å². The Bertz CT molecular complexity index is 726. The van der Waals surface area contributed by atoms with Crippen molar-refractivity contribution in [3.8, 4) is 5.75 Å². The van der Waals surface area contributed by atoms with Gasteiger partial charge in [-0.05, 0) is 37.1 Å². The second-order valence-corrected chi connectivity index (χ2v) is 4.70. The number of amides is 1. The number of phenolic OH excluding ortho intramolecular Hbond substituents is 1. The number of aryl methyl sites for hydroxylation is 2. The molecule has 0 atom stereocenters. The van der Waals surface area contributed by atoms with Crippen LogP contribution in [-0.2, 0) is 0 Å². The third-order valence-electron chi connectivity index (χ3n) is 3.08. The number of carbonyl (C=O) groups excluding carboxylic acids is 1. The fourth-order valence-electron chi connectivity index (χ4n) is 2.03. The van der Waals surface area contributed by atoms with Crippen LogP contribution in [0.5, 0.6) is 5.75 Å². The van der Waals surface area contributed by atoms with E-state index in [9.17, 15) is 20.0 Å². The number of hydrogen-bond acceptors (Lipinski definition) is 4. The average Bonchev–Trinajstić information content (AvgIpc) is 2.41. The SMILES string of the molecule is Cc1ccc(NC(=O)c2c(C)cccc2[N+](=O)[O-])c(O)c1. The molecule has 0 heterocycles. The molecule has 0 saturated heterocycles. The summed E-state index contributed by atoms with van der Waals surface area (Å²) in [6.07, 6.45) is 0. The smallest absolute Gasteiger partial charge is 0.282 e. The van der Waals surface area contributed by atoms with E-state index in [0.29, 0.717) is 5.56 Å². The third-order valence-corrected chi connectivity index (χ3v) is 3.08. The van der Waals surface area contributed by atoms with Crippen LogP contribution in [0, 0.1) is 24.0 Å². The van der Waals surface area contributed by atoms with Gasteiger partial charge in [-0.3, -0.25) is 14.9 Å². The number of nitrogens with zero attached hydrogens (tertiary/aromatic N) is 1. The molecule has 0 fully saturated rings. The van der Waals surface area contributed by atoms with Crippen LogP contribution in [0.25, 0.3) is 0 Å². The van der Waals surface area contributed by atoms with Gasteiger partial charge in [-0.1, -0.05) is 18.2 Å². The Balaban J connectivity index is 2.39. The molecule has 0 aromatic heterocycles. The number of aromatic hydroxyl groups is 1. The van der Waals surface area contributed by atoms with Gasteiger partial charge < -0.3 is 10.4 Å². The summed E-state index contributed by atoms with van der Waals surface area (Å²) < 4.78 is 0. The number of phenols is 1. The highest BCUT2D eigenvalue weighted by molar-refractivity contribution is 6.08. The van der Waals surface area contributed by atoms with Gasteiger partial charge >= 0.3 is 0 Å². The maximum atomic E-state index is 12.3. The van der Waals surface area contributed by atoms with E-state index in [4.69, 9.17) is 0 Å². The van der Waals surface area contributed by atoms with E-state index in [-0.39, 0.29) is 22.7 Å². The molecule has 0 saturated carbocycles. The van der Waals surface area contributed by atoms with Crippen LogP contribution in [0.1, 0.15) is 21.5 Å². The van der Waals surface area contributed by atoms with Gasteiger partial charge in [-0.2, -0.15) is 0 Å². The number of nitro groups is 1. The van der Waals surface area contributed by atoms with E-state index in [1.54, 1.807) is 32.0 Å². The van der Waals surface area contributed by atoms with Crippen molar-refractivity contribution >= 4 is 17.3 Å². The molecule has 2 rings (SSSR count). The number of anilines is 1. The van der Waals surface area contributed by atoms with Crippen LogP contribution in [0.4, 0.5) is 11.4 Å². The van der Waals surface area contributed by atoms with Crippen LogP contribution in [0.15, 0.2) is 36.4 Å². The van der Waals surface area contributed by atoms with Gasteiger partial charge in [0, 0.05) is 6.07 Å². The minimum atomic E-state index is -0.626. The highest BCUT2D eigenvalue weighted by Gasteiger charge is 2.22. The first kappa shape index (κ1) is 14.5. The quantitative estimate of drug-likeness (QED) is 0.515. The molecular weight excluding hydrogens is 272 g/mol. The number of hydrogen-bond donors (Lipinski definition) is 2. The van der Waals surface area contributed by atoms with Gasteiger partial charge in [0.15, 0.2) is 0 Å². The number of benzene rings is 2. The van der Waals surface area contributed by atoms with Crippen LogP contribution in [0.2, 0.25) is 0 Å². The Hall–Kier alpha value is -2.89. The van der Waals surface area contributed by atoms with Crippen molar-refractivity contribution in [2.24, 2.45) is 0 Å². The molecule has 108 valence electrons. The normalized spacial score (nSPS) is 10.2. The maximum absolute atomic E-state index is 12.3. The molecule has 0 spiro atoms. The molecule has 2 aromatic carbocycles. The average molecular weight is 286 g/mol. The van der Waals surface area contributed by atoms with Gasteiger partial charge in [0.2, 0.25) is 0 Å². The molecular formula is C15H14N2O4. The summed E-state index contributed by atoms with van der Waals surface area (Å²) in [6.45, 7) is 3.43. The Morgan fingerprint density at radius 2 is 1.95 bits per heavy atom. The molecule has 0 unspecified atom stereocenters. The summed E-state index contributed by atoms with van der Waals surface area (Å²) >= 11 is 0. The maximum Gasteiger partial charge on any atom is 0.282 e. The van der Waals surface area contributed by atoms with E-state index in [2.05, 4.69) is 5.32 Å². The standard InChI is InChI=1S/C15H14N2O4/c1-9-6-7-11(13(18)8-9)16-15(19)14-10(2)4-3-5-12(14)17(20)21/h3-8,18H,1-2H3,(H,16,19). The highest BCUT2D eigenvalue weighted by atomic mass is 16.6. The second kappa shape index (κ2) is 5.62. The van der Waals surface area contributed by atoms with Crippen LogP contribution < -0.4 is 5.32 Å². The number of nitrogens with one attached hydrogen (secondary N) is 1. The van der Waals surface area contributed by atoms with Crippen molar-refractivity contribution in [3.63, 3.8) is 0 Å². The lowest BCUT2D eigenvalue weighted by molar-refractivity contribution is -0.385. The minimum absolute atomic E-state index is 0.0116. The zero-order chi connectivity index (χ0) is 15.6. The summed E-state index contributed by atoms with van der Waals surface area (Å²) in [5.74, 6) is -0.710. The zero-order valence-corrected chi connectivity index (χ0v) is 11.6. The fourth-order valence-corrected chi connectivity index (χ4v) is 2.03. The Morgan fingerprint density at radius 1 is 1.24 bits per heavy atom. The zero-order valence-electron chi connectivity index (χ0n) is 11.6. The van der Waals surface area contributed by atoms with E-state index in [1.165, 1.54) is 18.2 Å². The van der Waals surface area contributed by atoms with E-state index in [1.807, 2.05) is 0 Å². The van der Waals surface area contributed by atoms with Crippen LogP contribution in [0.3, 0.4) is 0 Å². The number of carbonyl (C=O) groups is 1. The first-order valence-electron chi connectivity index (χ1n) is 6.25. The number of nitro benzene ring substituents is 1. The molecule has 0 aliphatic heterocycles. The first-order chi connectivity index (χ1) is 9.90. The van der Waals surface area contributed by atoms with Gasteiger partial charge in [0.25, 0.3) is 11.6 Å². The lowest BCUT2D eigenvalue weighted by Crippen LogP contribution is -2.15. The third kappa shape index (κ3) is 3.00. The monoisotopic (exact) mass is 286 g/mol. The predicted octanol–water partition coefficient (Wildman–Crippen LogP) is 3.17. The molecule has 6 nitrogen and oxygen atoms in total. The minimum Gasteiger partial charge on any atom is -0.506 e. The van der Waals surface area contributed by atoms with E-state index >= 15 is 0 Å². The molecule has 2 aromatic rings. The molecule has 6 heteroatoms. The summed E-state index contributed by atoms with van der Waals surface area (Å²) in [4.78, 5) is 22.7. The molecule has 0 aliphatic rings. The fraction of sp³-hybridized carbons (Fsp3) is 0.133. The molecule has 1 amide bonds. The van der Waals surface area contributed by atoms with Crippen molar-refractivity contribution in [3.05, 3.63) is 63.2 Å². The lowest BCUT2D eigenvalue weighted by Gasteiger charge is -2.10. The Kier molecular flexibility index (Phi) is 3.89. The van der Waals surface area contributed by atoms with E-state index < -0.39 is 10.8 Å². The second-order valence-electron chi connectivity index (χ2n) is 4.70. The van der Waals surface area contributed by atoms with Crippen molar-refractivity contribution in [2.75, 3.05) is 5.32 Å². The topological polar surface area (TPSA) is 92.5 Å². The van der Waals surface area contributed by atoms with Gasteiger partial charge in [0.1, 0.15) is 11.3 Å². The summed E-state index contributed by atoms with van der Waals surface area (Å²) in [6, 6.07) is 9.19. The predicted molar refractivity (Wildman–Crippen MR) is 78.6 cm³/mol. The van der Waals surface area contributed by atoms with Gasteiger partial charge in [-0.25, -0.2) is 0 Å². The largest absolute Gasteiger partial charge is 0.506 e. The lowest BCUT2D eigenvalue weighted by atomic mass is 10.1. The van der Waals surface area contributed by atoms with E-state index in [0.717, 1.165) is 5.56 Å². The number of rotatable bonds is 3. The highest BCUT2D eigenvalue weighted by Crippen LogP contribution is 2.27. The Morgan fingerprint density at radius 3 is 2.57 bits per heavy atom. The molecule has 0 bridgehead atoms. The van der Waals surface area contributed by atoms with Gasteiger partial charge in [-0.15, -0.1) is 0 Å². The first-order valence-corrected chi connectivity index (χ1v) is 6.25. The van der Waals surface area contributed by atoms with Crippen molar-refractivity contribution in [2.45, 2.75) is 13.8 Å². The van der Waals surface area contributed by atoms with Crippen molar-refractivity contribution in [1.29, 1.82) is 0 Å². The van der Waals surface area contributed by atoms with Crippen molar-refractivity contribution < 1.29 is 14.8 Å². The molecule has 2 N–H and O–H groups in total. The molecule has 0 radical (unpaired) electrons. The van der Waals surface area contributed by atoms with Crippen LogP contribution >= 0.6 is 0 Å².